The van der Waals surface area contributed by atoms with E-state index in [9.17, 15) is 14.0 Å². The van der Waals surface area contributed by atoms with Crippen molar-refractivity contribution in [1.82, 2.24) is 14.9 Å². The summed E-state index contributed by atoms with van der Waals surface area (Å²) >= 11 is 0. The van der Waals surface area contributed by atoms with Crippen molar-refractivity contribution >= 4 is 12.1 Å². The van der Waals surface area contributed by atoms with Gasteiger partial charge in [-0.25, -0.2) is 19.0 Å². The molecule has 32 heavy (non-hydrogen) atoms. The lowest BCUT2D eigenvalue weighted by atomic mass is 9.98. The molecule has 0 unspecified atom stereocenters. The van der Waals surface area contributed by atoms with Crippen LogP contribution in [0.4, 0.5) is 9.18 Å². The first-order valence-corrected chi connectivity index (χ1v) is 10.5. The average molecular weight is 445 g/mol. The number of piperidine rings is 1. The number of halogens is 1. The molecule has 0 atom stereocenters. The van der Waals surface area contributed by atoms with E-state index in [1.54, 1.807) is 11.0 Å². The van der Waals surface area contributed by atoms with Gasteiger partial charge in [-0.3, -0.25) is 4.98 Å². The van der Waals surface area contributed by atoms with Crippen molar-refractivity contribution in [2.24, 2.45) is 5.92 Å². The van der Waals surface area contributed by atoms with Gasteiger partial charge in [0.2, 0.25) is 0 Å². The SMILES string of the molecule is COC(=O)c1nccnc1-c1ccc(OCC2CCN(C(=O)OC(C)(C)C)CC2)cc1F. The number of nitrogens with zero attached hydrogens (tertiary/aromatic N) is 3. The first-order valence-electron chi connectivity index (χ1n) is 10.5. The van der Waals surface area contributed by atoms with Crippen LogP contribution in [0, 0.1) is 11.7 Å². The lowest BCUT2D eigenvalue weighted by Crippen LogP contribution is -2.42. The summed E-state index contributed by atoms with van der Waals surface area (Å²) in [5, 5.41) is 0. The molecule has 1 aliphatic rings. The molecule has 2 heterocycles. The molecule has 2 aromatic rings. The van der Waals surface area contributed by atoms with Crippen molar-refractivity contribution < 1.29 is 28.2 Å². The highest BCUT2D eigenvalue weighted by atomic mass is 19.1. The van der Waals surface area contributed by atoms with E-state index >= 15 is 0 Å². The molecule has 1 aliphatic heterocycles. The molecule has 0 radical (unpaired) electrons. The number of ether oxygens (including phenoxy) is 3. The molecule has 0 saturated carbocycles. The zero-order valence-corrected chi connectivity index (χ0v) is 18.8. The van der Waals surface area contributed by atoms with Crippen LogP contribution in [0.25, 0.3) is 11.3 Å². The van der Waals surface area contributed by atoms with Crippen LogP contribution in [0.1, 0.15) is 44.1 Å². The molecule has 8 nitrogen and oxygen atoms in total. The van der Waals surface area contributed by atoms with Crippen molar-refractivity contribution in [3.63, 3.8) is 0 Å². The second-order valence-electron chi connectivity index (χ2n) is 8.61. The van der Waals surface area contributed by atoms with Crippen LogP contribution in [0.15, 0.2) is 30.6 Å². The van der Waals surface area contributed by atoms with E-state index in [0.717, 1.165) is 12.8 Å². The Morgan fingerprint density at radius 1 is 1.16 bits per heavy atom. The minimum atomic E-state index is -0.689. The molecular weight excluding hydrogens is 417 g/mol. The van der Waals surface area contributed by atoms with Crippen molar-refractivity contribution in [1.29, 1.82) is 0 Å². The molecule has 1 aromatic heterocycles. The highest BCUT2D eigenvalue weighted by molar-refractivity contribution is 5.93. The van der Waals surface area contributed by atoms with E-state index in [-0.39, 0.29) is 29.0 Å². The van der Waals surface area contributed by atoms with Crippen molar-refractivity contribution in [3.05, 3.63) is 42.1 Å². The van der Waals surface area contributed by atoms with E-state index in [1.807, 2.05) is 20.8 Å². The number of amides is 1. The number of carbonyl (C=O) groups is 2. The molecule has 1 saturated heterocycles. The number of hydrogen-bond acceptors (Lipinski definition) is 7. The Kier molecular flexibility index (Phi) is 7.27. The van der Waals surface area contributed by atoms with Gasteiger partial charge in [0.05, 0.1) is 13.7 Å². The summed E-state index contributed by atoms with van der Waals surface area (Å²) in [5.41, 5.74) is -0.329. The quantitative estimate of drug-likeness (QED) is 0.640. The van der Waals surface area contributed by atoms with Crippen LogP contribution in [0.5, 0.6) is 5.75 Å². The Labute approximate surface area is 186 Å². The van der Waals surface area contributed by atoms with Gasteiger partial charge in [-0.15, -0.1) is 0 Å². The smallest absolute Gasteiger partial charge is 0.410 e. The van der Waals surface area contributed by atoms with Gasteiger partial charge in [-0.1, -0.05) is 0 Å². The average Bonchev–Trinajstić information content (AvgIpc) is 2.76. The molecule has 1 aromatic carbocycles. The standard InChI is InChI=1S/C23H28FN3O5/c1-23(2,3)32-22(29)27-11-7-15(8-12-27)14-31-16-5-6-17(18(24)13-16)19-20(21(28)30-4)26-10-9-25-19/h5-6,9-10,13,15H,7-8,11-12,14H2,1-4H3. The summed E-state index contributed by atoms with van der Waals surface area (Å²) in [4.78, 5) is 33.8. The summed E-state index contributed by atoms with van der Waals surface area (Å²) < 4.78 is 30.7. The van der Waals surface area contributed by atoms with Crippen molar-refractivity contribution in [2.75, 3.05) is 26.8 Å². The number of hydrogen-bond donors (Lipinski definition) is 0. The monoisotopic (exact) mass is 445 g/mol. The summed E-state index contributed by atoms with van der Waals surface area (Å²) in [6, 6.07) is 4.40. The minimum absolute atomic E-state index is 0.0562. The normalized spacial score (nSPS) is 14.7. The Morgan fingerprint density at radius 2 is 1.84 bits per heavy atom. The maximum atomic E-state index is 14.8. The Morgan fingerprint density at radius 3 is 2.47 bits per heavy atom. The molecule has 0 aliphatic carbocycles. The maximum absolute atomic E-state index is 14.8. The zero-order valence-electron chi connectivity index (χ0n) is 18.8. The minimum Gasteiger partial charge on any atom is -0.493 e. The fourth-order valence-corrected chi connectivity index (χ4v) is 3.38. The molecule has 1 amide bonds. The predicted molar refractivity (Wildman–Crippen MR) is 115 cm³/mol. The highest BCUT2D eigenvalue weighted by Gasteiger charge is 2.27. The van der Waals surface area contributed by atoms with Gasteiger partial charge in [-0.2, -0.15) is 0 Å². The topological polar surface area (TPSA) is 90.9 Å². The third-order valence-corrected chi connectivity index (χ3v) is 5.02. The Balaban J connectivity index is 1.58. The lowest BCUT2D eigenvalue weighted by molar-refractivity contribution is 0.0164. The number of benzene rings is 1. The highest BCUT2D eigenvalue weighted by Crippen LogP contribution is 2.28. The number of aromatic nitrogens is 2. The van der Waals surface area contributed by atoms with E-state index in [2.05, 4.69) is 9.97 Å². The number of methoxy groups -OCH3 is 1. The number of rotatable bonds is 5. The van der Waals surface area contributed by atoms with Crippen molar-refractivity contribution in [2.45, 2.75) is 39.2 Å². The summed E-state index contributed by atoms with van der Waals surface area (Å²) in [5.74, 6) is -0.634. The van der Waals surface area contributed by atoms with Crippen LogP contribution in [-0.2, 0) is 9.47 Å². The second kappa shape index (κ2) is 9.93. The van der Waals surface area contributed by atoms with Gasteiger partial charge in [0.25, 0.3) is 0 Å². The molecule has 1 fully saturated rings. The number of carbonyl (C=O) groups excluding carboxylic acids is 2. The second-order valence-corrected chi connectivity index (χ2v) is 8.61. The van der Waals surface area contributed by atoms with Gasteiger partial charge >= 0.3 is 12.1 Å². The van der Waals surface area contributed by atoms with E-state index in [1.165, 1.54) is 31.6 Å². The summed E-state index contributed by atoms with van der Waals surface area (Å²) in [6.45, 7) is 7.14. The van der Waals surface area contributed by atoms with Crippen LogP contribution in [-0.4, -0.2) is 59.3 Å². The number of likely N-dealkylation sites (tertiary alicyclic amines) is 1. The Hall–Kier alpha value is -3.23. The van der Waals surface area contributed by atoms with E-state index in [4.69, 9.17) is 14.2 Å². The molecule has 0 spiro atoms. The molecule has 0 N–H and O–H groups in total. The van der Waals surface area contributed by atoms with Gasteiger partial charge in [0.15, 0.2) is 5.69 Å². The third kappa shape index (κ3) is 5.93. The fraction of sp³-hybridized carbons (Fsp3) is 0.478. The molecule has 9 heteroatoms. The van der Waals surface area contributed by atoms with Gasteiger partial charge in [0, 0.05) is 37.1 Å². The Bertz CT molecular complexity index is 968. The molecule has 3 rings (SSSR count). The van der Waals surface area contributed by atoms with E-state index in [0.29, 0.717) is 25.4 Å². The van der Waals surface area contributed by atoms with Crippen LogP contribution < -0.4 is 4.74 Å². The van der Waals surface area contributed by atoms with Crippen LogP contribution >= 0.6 is 0 Å². The van der Waals surface area contributed by atoms with Crippen LogP contribution in [0.2, 0.25) is 0 Å². The van der Waals surface area contributed by atoms with E-state index < -0.39 is 17.4 Å². The predicted octanol–water partition coefficient (Wildman–Crippen LogP) is 4.10. The fourth-order valence-electron chi connectivity index (χ4n) is 3.38. The third-order valence-electron chi connectivity index (χ3n) is 5.02. The molecule has 0 bridgehead atoms. The molecule has 172 valence electrons. The van der Waals surface area contributed by atoms with Crippen LogP contribution in [0.3, 0.4) is 0 Å². The van der Waals surface area contributed by atoms with Crippen molar-refractivity contribution in [3.8, 4) is 17.0 Å². The first kappa shape index (κ1) is 23.4. The van der Waals surface area contributed by atoms with Gasteiger partial charge in [0.1, 0.15) is 22.9 Å². The first-order chi connectivity index (χ1) is 15.2. The zero-order chi connectivity index (χ0) is 23.3. The van der Waals surface area contributed by atoms with Gasteiger partial charge < -0.3 is 19.1 Å². The lowest BCUT2D eigenvalue weighted by Gasteiger charge is -2.33. The summed E-state index contributed by atoms with van der Waals surface area (Å²) in [6.07, 6.45) is 3.99. The summed E-state index contributed by atoms with van der Waals surface area (Å²) in [7, 11) is 1.23. The molecular formula is C23H28FN3O5. The largest absolute Gasteiger partial charge is 0.493 e. The maximum Gasteiger partial charge on any atom is 0.410 e. The van der Waals surface area contributed by atoms with Gasteiger partial charge in [-0.05, 0) is 51.7 Å². The number of esters is 1.